The number of carbonyl (C=O) groups is 4. The van der Waals surface area contributed by atoms with E-state index in [4.69, 9.17) is 5.73 Å². The number of amides is 4. The lowest BCUT2D eigenvalue weighted by molar-refractivity contribution is -0.119. The first-order chi connectivity index (χ1) is 14.0. The number of primary amides is 1. The van der Waals surface area contributed by atoms with Crippen LogP contribution in [0.15, 0.2) is 54.6 Å². The van der Waals surface area contributed by atoms with Gasteiger partial charge >= 0.3 is 0 Å². The Kier molecular flexibility index (Phi) is 6.50. The van der Waals surface area contributed by atoms with Gasteiger partial charge in [-0.1, -0.05) is 24.3 Å². The van der Waals surface area contributed by atoms with Gasteiger partial charge in [-0.15, -0.1) is 11.8 Å². The lowest BCUT2D eigenvalue weighted by Crippen LogP contribution is -2.44. The smallest absolute Gasteiger partial charge is 0.255 e. The Bertz CT molecular complexity index is 935. The van der Waals surface area contributed by atoms with Crippen LogP contribution in [0.3, 0.4) is 0 Å². The van der Waals surface area contributed by atoms with Crippen LogP contribution in [0, 0.1) is 0 Å². The fraction of sp³-hybridized carbons (Fsp3) is 0.200. The molecular formula is C20H20N4O4S. The number of nitrogens with one attached hydrogen (secondary N) is 2. The molecule has 3 rings (SSSR count). The van der Waals surface area contributed by atoms with Gasteiger partial charge in [0.25, 0.3) is 11.8 Å². The molecule has 4 amide bonds. The summed E-state index contributed by atoms with van der Waals surface area (Å²) in [6.07, 6.45) is 0. The van der Waals surface area contributed by atoms with Gasteiger partial charge < -0.3 is 21.3 Å². The minimum Gasteiger partial charge on any atom is -0.368 e. The molecule has 1 heterocycles. The van der Waals surface area contributed by atoms with Gasteiger partial charge in [0.15, 0.2) is 0 Å². The van der Waals surface area contributed by atoms with E-state index in [2.05, 4.69) is 10.6 Å². The van der Waals surface area contributed by atoms with E-state index < -0.39 is 17.9 Å². The second-order valence-electron chi connectivity index (χ2n) is 6.38. The van der Waals surface area contributed by atoms with Crippen molar-refractivity contribution >= 4 is 41.1 Å². The van der Waals surface area contributed by atoms with Gasteiger partial charge in [-0.3, -0.25) is 19.2 Å². The number of anilines is 1. The minimum absolute atomic E-state index is 0.199. The SMILES string of the molecule is NC(=O)CNC(=O)c1cccc(NC(=O)[C@@H]2CSCN2C(=O)c2ccccc2)c1. The summed E-state index contributed by atoms with van der Waals surface area (Å²) in [6, 6.07) is 14.5. The van der Waals surface area contributed by atoms with E-state index in [1.807, 2.05) is 6.07 Å². The molecule has 2 aromatic carbocycles. The number of rotatable bonds is 6. The number of hydrogen-bond acceptors (Lipinski definition) is 5. The molecule has 1 saturated heterocycles. The maximum atomic E-state index is 12.8. The number of thioether (sulfide) groups is 1. The van der Waals surface area contributed by atoms with Crippen molar-refractivity contribution in [1.29, 1.82) is 0 Å². The minimum atomic E-state index is -0.648. The summed E-state index contributed by atoms with van der Waals surface area (Å²) in [6.45, 7) is -0.273. The van der Waals surface area contributed by atoms with Crippen molar-refractivity contribution in [3.05, 3.63) is 65.7 Å². The molecule has 0 unspecified atom stereocenters. The first-order valence-corrected chi connectivity index (χ1v) is 10.0. The predicted molar refractivity (Wildman–Crippen MR) is 110 cm³/mol. The van der Waals surface area contributed by atoms with Crippen LogP contribution in [-0.2, 0) is 9.59 Å². The first-order valence-electron chi connectivity index (χ1n) is 8.87. The van der Waals surface area contributed by atoms with E-state index in [1.165, 1.54) is 17.8 Å². The number of benzene rings is 2. The van der Waals surface area contributed by atoms with Crippen molar-refractivity contribution in [3.8, 4) is 0 Å². The van der Waals surface area contributed by atoms with E-state index in [1.54, 1.807) is 47.4 Å². The zero-order valence-electron chi connectivity index (χ0n) is 15.5. The van der Waals surface area contributed by atoms with E-state index in [-0.39, 0.29) is 23.9 Å². The highest BCUT2D eigenvalue weighted by molar-refractivity contribution is 7.99. The van der Waals surface area contributed by atoms with E-state index in [9.17, 15) is 19.2 Å². The third-order valence-electron chi connectivity index (χ3n) is 4.28. The highest BCUT2D eigenvalue weighted by Gasteiger charge is 2.35. The van der Waals surface area contributed by atoms with Crippen molar-refractivity contribution in [2.24, 2.45) is 5.73 Å². The molecule has 29 heavy (non-hydrogen) atoms. The molecule has 1 aliphatic heterocycles. The first kappa shape index (κ1) is 20.4. The second kappa shape index (κ2) is 9.24. The van der Waals surface area contributed by atoms with Gasteiger partial charge in [0.2, 0.25) is 11.8 Å². The predicted octanol–water partition coefficient (Wildman–Crippen LogP) is 1.06. The zero-order valence-corrected chi connectivity index (χ0v) is 16.3. The molecule has 0 aliphatic carbocycles. The van der Waals surface area contributed by atoms with E-state index >= 15 is 0 Å². The molecule has 4 N–H and O–H groups in total. The summed E-state index contributed by atoms with van der Waals surface area (Å²) >= 11 is 1.51. The normalized spacial score (nSPS) is 15.6. The largest absolute Gasteiger partial charge is 0.368 e. The molecule has 0 radical (unpaired) electrons. The Morgan fingerprint density at radius 3 is 2.48 bits per heavy atom. The van der Waals surface area contributed by atoms with Gasteiger partial charge in [0.05, 0.1) is 12.4 Å². The summed E-state index contributed by atoms with van der Waals surface area (Å²) in [5.74, 6) is -0.726. The van der Waals surface area contributed by atoms with Crippen molar-refractivity contribution in [2.45, 2.75) is 6.04 Å². The van der Waals surface area contributed by atoms with Crippen LogP contribution in [0.2, 0.25) is 0 Å². The van der Waals surface area contributed by atoms with Crippen LogP contribution in [0.1, 0.15) is 20.7 Å². The van der Waals surface area contributed by atoms with Crippen molar-refractivity contribution in [1.82, 2.24) is 10.2 Å². The molecule has 0 saturated carbocycles. The van der Waals surface area contributed by atoms with Crippen LogP contribution < -0.4 is 16.4 Å². The monoisotopic (exact) mass is 412 g/mol. The van der Waals surface area contributed by atoms with Gasteiger partial charge in [0.1, 0.15) is 6.04 Å². The molecule has 0 bridgehead atoms. The van der Waals surface area contributed by atoms with Gasteiger partial charge in [0, 0.05) is 22.6 Å². The van der Waals surface area contributed by atoms with E-state index in [0.717, 1.165) is 0 Å². The lowest BCUT2D eigenvalue weighted by atomic mass is 10.1. The molecule has 2 aromatic rings. The molecule has 1 fully saturated rings. The Labute approximate surface area is 171 Å². The van der Waals surface area contributed by atoms with Crippen molar-refractivity contribution < 1.29 is 19.2 Å². The summed E-state index contributed by atoms with van der Waals surface area (Å²) < 4.78 is 0. The summed E-state index contributed by atoms with van der Waals surface area (Å²) in [5, 5.41) is 5.15. The maximum Gasteiger partial charge on any atom is 0.255 e. The Morgan fingerprint density at radius 1 is 1.03 bits per heavy atom. The number of hydrogen-bond donors (Lipinski definition) is 3. The number of nitrogens with zero attached hydrogens (tertiary/aromatic N) is 1. The zero-order chi connectivity index (χ0) is 20.8. The molecular weight excluding hydrogens is 392 g/mol. The molecule has 1 atom stereocenters. The average Bonchev–Trinajstić information content (AvgIpc) is 3.22. The second-order valence-corrected chi connectivity index (χ2v) is 7.38. The van der Waals surface area contributed by atoms with Crippen LogP contribution in [0.5, 0.6) is 0 Å². The van der Waals surface area contributed by atoms with Gasteiger partial charge in [-0.2, -0.15) is 0 Å². The highest BCUT2D eigenvalue weighted by Crippen LogP contribution is 2.24. The Hall–Kier alpha value is -3.33. The van der Waals surface area contributed by atoms with Crippen LogP contribution >= 0.6 is 11.8 Å². The summed E-state index contributed by atoms with van der Waals surface area (Å²) in [5.41, 5.74) is 6.25. The highest BCUT2D eigenvalue weighted by atomic mass is 32.2. The third-order valence-corrected chi connectivity index (χ3v) is 5.29. The summed E-state index contributed by atoms with van der Waals surface area (Å²) in [4.78, 5) is 49.9. The lowest BCUT2D eigenvalue weighted by Gasteiger charge is -2.23. The fourth-order valence-corrected chi connectivity index (χ4v) is 3.99. The van der Waals surface area contributed by atoms with Gasteiger partial charge in [-0.05, 0) is 30.3 Å². The van der Waals surface area contributed by atoms with Crippen LogP contribution in [0.4, 0.5) is 5.69 Å². The number of nitrogens with two attached hydrogens (primary N) is 1. The van der Waals surface area contributed by atoms with Crippen LogP contribution in [-0.4, -0.2) is 52.7 Å². The standard InChI is InChI=1S/C20H20N4O4S/c21-17(25)10-22-18(26)14-7-4-8-15(9-14)23-19(27)16-11-29-12-24(16)20(28)13-5-2-1-3-6-13/h1-9,16H,10-12H2,(H2,21,25)(H,22,26)(H,23,27)/t16-/m0/s1. The molecule has 1 aliphatic rings. The average molecular weight is 412 g/mol. The molecule has 150 valence electrons. The Balaban J connectivity index is 1.68. The van der Waals surface area contributed by atoms with Gasteiger partial charge in [-0.25, -0.2) is 0 Å². The fourth-order valence-electron chi connectivity index (χ4n) is 2.84. The van der Waals surface area contributed by atoms with Crippen molar-refractivity contribution in [3.63, 3.8) is 0 Å². The molecule has 8 nitrogen and oxygen atoms in total. The quantitative estimate of drug-likeness (QED) is 0.655. The van der Waals surface area contributed by atoms with E-state index in [0.29, 0.717) is 22.9 Å². The topological polar surface area (TPSA) is 122 Å². The maximum absolute atomic E-state index is 12.8. The van der Waals surface area contributed by atoms with Crippen LogP contribution in [0.25, 0.3) is 0 Å². The molecule has 9 heteroatoms. The third kappa shape index (κ3) is 5.14. The Morgan fingerprint density at radius 2 is 1.76 bits per heavy atom. The number of carbonyl (C=O) groups excluding carboxylic acids is 4. The summed E-state index contributed by atoms with van der Waals surface area (Å²) in [7, 11) is 0. The van der Waals surface area contributed by atoms with Crippen molar-refractivity contribution in [2.75, 3.05) is 23.5 Å². The molecule has 0 aromatic heterocycles. The molecule has 0 spiro atoms.